The third-order valence-electron chi connectivity index (χ3n) is 5.60. The van der Waals surface area contributed by atoms with Crippen molar-refractivity contribution >= 4 is 21.6 Å². The highest BCUT2D eigenvalue weighted by molar-refractivity contribution is 7.92. The Bertz CT molecular complexity index is 937. The molecule has 7 heteroatoms. The molecule has 0 saturated carbocycles. The second kappa shape index (κ2) is 9.62. The van der Waals surface area contributed by atoms with Crippen LogP contribution in [-0.4, -0.2) is 62.6 Å². The molecule has 1 aliphatic rings. The Morgan fingerprint density at radius 2 is 1.57 bits per heavy atom. The van der Waals surface area contributed by atoms with Gasteiger partial charge in [0.2, 0.25) is 15.9 Å². The van der Waals surface area contributed by atoms with Gasteiger partial charge in [0.05, 0.1) is 11.9 Å². The van der Waals surface area contributed by atoms with E-state index in [1.807, 2.05) is 37.3 Å². The summed E-state index contributed by atoms with van der Waals surface area (Å²) in [6.45, 7) is 7.33. The van der Waals surface area contributed by atoms with Gasteiger partial charge in [-0.3, -0.25) is 14.0 Å². The lowest BCUT2D eigenvalue weighted by atomic mass is 10.1. The number of sulfonamides is 1. The molecule has 1 amide bonds. The summed E-state index contributed by atoms with van der Waals surface area (Å²) in [4.78, 5) is 17.3. The van der Waals surface area contributed by atoms with Crippen LogP contribution in [0.4, 0.5) is 5.69 Å². The number of piperazine rings is 1. The van der Waals surface area contributed by atoms with Crippen molar-refractivity contribution in [3.05, 3.63) is 65.7 Å². The van der Waals surface area contributed by atoms with Crippen LogP contribution in [0.5, 0.6) is 0 Å². The molecule has 1 saturated heterocycles. The SMILES string of the molecule is CCc1ccc(N([C@H](C)C(=O)N2CCN(Cc3ccccc3)CC2)S(C)(=O)=O)cc1. The summed E-state index contributed by atoms with van der Waals surface area (Å²) in [5.41, 5.74) is 2.91. The quantitative estimate of drug-likeness (QED) is 0.679. The predicted octanol–water partition coefficient (Wildman–Crippen LogP) is 2.75. The van der Waals surface area contributed by atoms with E-state index < -0.39 is 16.1 Å². The Balaban J connectivity index is 1.67. The van der Waals surface area contributed by atoms with E-state index in [9.17, 15) is 13.2 Å². The van der Waals surface area contributed by atoms with Crippen molar-refractivity contribution in [3.63, 3.8) is 0 Å². The van der Waals surface area contributed by atoms with Gasteiger partial charge in [0.15, 0.2) is 0 Å². The van der Waals surface area contributed by atoms with Crippen LogP contribution in [0.2, 0.25) is 0 Å². The monoisotopic (exact) mass is 429 g/mol. The molecule has 0 spiro atoms. The fraction of sp³-hybridized carbons (Fsp3) is 0.435. The molecule has 0 aromatic heterocycles. The summed E-state index contributed by atoms with van der Waals surface area (Å²) < 4.78 is 26.3. The van der Waals surface area contributed by atoms with Gasteiger partial charge in [-0.25, -0.2) is 8.42 Å². The number of benzene rings is 2. The Morgan fingerprint density at radius 3 is 2.10 bits per heavy atom. The van der Waals surface area contributed by atoms with Crippen LogP contribution in [0.3, 0.4) is 0 Å². The average molecular weight is 430 g/mol. The van der Waals surface area contributed by atoms with Crippen molar-refractivity contribution in [3.8, 4) is 0 Å². The standard InChI is InChI=1S/C23H31N3O3S/c1-4-20-10-12-22(13-11-20)26(30(3,28)29)19(2)23(27)25-16-14-24(15-17-25)18-21-8-6-5-7-9-21/h5-13,19H,4,14-18H2,1-3H3/t19-/m1/s1. The molecule has 1 fully saturated rings. The van der Waals surface area contributed by atoms with Gasteiger partial charge >= 0.3 is 0 Å². The number of amides is 1. The Labute approximate surface area is 180 Å². The number of rotatable bonds is 7. The summed E-state index contributed by atoms with van der Waals surface area (Å²) in [6.07, 6.45) is 2.03. The normalized spacial score (nSPS) is 16.3. The van der Waals surface area contributed by atoms with Crippen LogP contribution in [0, 0.1) is 0 Å². The van der Waals surface area contributed by atoms with E-state index in [0.717, 1.165) is 37.9 Å². The fourth-order valence-corrected chi connectivity index (χ4v) is 5.08. The maximum absolute atomic E-state index is 13.1. The molecule has 0 bridgehead atoms. The summed E-state index contributed by atoms with van der Waals surface area (Å²) >= 11 is 0. The van der Waals surface area contributed by atoms with Crippen molar-refractivity contribution in [1.82, 2.24) is 9.80 Å². The van der Waals surface area contributed by atoms with E-state index in [4.69, 9.17) is 0 Å². The summed E-state index contributed by atoms with van der Waals surface area (Å²) in [6, 6.07) is 16.9. The zero-order chi connectivity index (χ0) is 21.7. The second-order valence-corrected chi connectivity index (χ2v) is 9.70. The smallest absolute Gasteiger partial charge is 0.246 e. The Hall–Kier alpha value is -2.38. The third kappa shape index (κ3) is 5.40. The first-order valence-corrected chi connectivity index (χ1v) is 12.3. The fourth-order valence-electron chi connectivity index (χ4n) is 3.91. The number of nitrogens with zero attached hydrogens (tertiary/aromatic N) is 3. The van der Waals surface area contributed by atoms with E-state index >= 15 is 0 Å². The molecular formula is C23H31N3O3S. The number of aryl methyl sites for hydroxylation is 1. The largest absolute Gasteiger partial charge is 0.338 e. The summed E-state index contributed by atoms with van der Waals surface area (Å²) in [7, 11) is -3.60. The molecule has 1 heterocycles. The first-order valence-electron chi connectivity index (χ1n) is 10.4. The summed E-state index contributed by atoms with van der Waals surface area (Å²) in [5, 5.41) is 0. The van der Waals surface area contributed by atoms with Crippen molar-refractivity contribution in [2.45, 2.75) is 32.9 Å². The predicted molar refractivity (Wildman–Crippen MR) is 121 cm³/mol. The molecule has 2 aromatic rings. The molecule has 162 valence electrons. The van der Waals surface area contributed by atoms with Crippen LogP contribution in [0.25, 0.3) is 0 Å². The van der Waals surface area contributed by atoms with Gasteiger partial charge in [-0.05, 0) is 36.6 Å². The van der Waals surface area contributed by atoms with Gasteiger partial charge < -0.3 is 4.90 Å². The number of hydrogen-bond acceptors (Lipinski definition) is 4. The van der Waals surface area contributed by atoms with Crippen LogP contribution in [-0.2, 0) is 27.8 Å². The molecule has 3 rings (SSSR count). The minimum atomic E-state index is -3.60. The van der Waals surface area contributed by atoms with Gasteiger partial charge in [-0.15, -0.1) is 0 Å². The van der Waals surface area contributed by atoms with E-state index in [-0.39, 0.29) is 5.91 Å². The molecule has 0 aliphatic carbocycles. The number of anilines is 1. The van der Waals surface area contributed by atoms with Crippen LogP contribution < -0.4 is 4.31 Å². The minimum Gasteiger partial charge on any atom is -0.338 e. The number of carbonyl (C=O) groups excluding carboxylic acids is 1. The van der Waals surface area contributed by atoms with Crippen molar-refractivity contribution < 1.29 is 13.2 Å². The van der Waals surface area contributed by atoms with E-state index in [2.05, 4.69) is 17.0 Å². The van der Waals surface area contributed by atoms with Crippen molar-refractivity contribution in [2.75, 3.05) is 36.7 Å². The minimum absolute atomic E-state index is 0.153. The molecule has 1 aliphatic heterocycles. The van der Waals surface area contributed by atoms with E-state index in [1.54, 1.807) is 24.0 Å². The molecule has 6 nitrogen and oxygen atoms in total. The van der Waals surface area contributed by atoms with Crippen LogP contribution >= 0.6 is 0 Å². The maximum Gasteiger partial charge on any atom is 0.246 e. The first kappa shape index (κ1) is 22.3. The van der Waals surface area contributed by atoms with E-state index in [1.165, 1.54) is 9.87 Å². The highest BCUT2D eigenvalue weighted by atomic mass is 32.2. The highest BCUT2D eigenvalue weighted by Gasteiger charge is 2.33. The van der Waals surface area contributed by atoms with Gasteiger partial charge in [0, 0.05) is 32.7 Å². The van der Waals surface area contributed by atoms with Crippen LogP contribution in [0.15, 0.2) is 54.6 Å². The first-order chi connectivity index (χ1) is 14.3. The maximum atomic E-state index is 13.1. The zero-order valence-electron chi connectivity index (χ0n) is 18.0. The second-order valence-electron chi connectivity index (χ2n) is 7.84. The van der Waals surface area contributed by atoms with Gasteiger partial charge in [-0.1, -0.05) is 49.4 Å². The molecular weight excluding hydrogens is 398 g/mol. The molecule has 0 radical (unpaired) electrons. The molecule has 2 aromatic carbocycles. The summed E-state index contributed by atoms with van der Waals surface area (Å²) in [5.74, 6) is -0.153. The van der Waals surface area contributed by atoms with Gasteiger partial charge in [0.25, 0.3) is 0 Å². The lowest BCUT2D eigenvalue weighted by molar-refractivity contribution is -0.133. The van der Waals surface area contributed by atoms with Gasteiger partial charge in [-0.2, -0.15) is 0 Å². The zero-order valence-corrected chi connectivity index (χ0v) is 18.8. The molecule has 0 unspecified atom stereocenters. The molecule has 30 heavy (non-hydrogen) atoms. The molecule has 1 atom stereocenters. The van der Waals surface area contributed by atoms with Gasteiger partial charge in [0.1, 0.15) is 6.04 Å². The highest BCUT2D eigenvalue weighted by Crippen LogP contribution is 2.23. The Morgan fingerprint density at radius 1 is 0.967 bits per heavy atom. The molecule has 0 N–H and O–H groups in total. The number of carbonyl (C=O) groups is 1. The lowest BCUT2D eigenvalue weighted by Gasteiger charge is -2.38. The van der Waals surface area contributed by atoms with Crippen LogP contribution in [0.1, 0.15) is 25.0 Å². The van der Waals surface area contributed by atoms with Crippen molar-refractivity contribution in [1.29, 1.82) is 0 Å². The topological polar surface area (TPSA) is 60.9 Å². The third-order valence-corrected chi connectivity index (χ3v) is 6.84. The number of hydrogen-bond donors (Lipinski definition) is 0. The lowest BCUT2D eigenvalue weighted by Crippen LogP contribution is -2.55. The van der Waals surface area contributed by atoms with Crippen molar-refractivity contribution in [2.24, 2.45) is 0 Å². The van der Waals surface area contributed by atoms with E-state index in [0.29, 0.717) is 18.8 Å². The Kier molecular flexibility index (Phi) is 7.15. The average Bonchev–Trinajstić information content (AvgIpc) is 2.74.